The Labute approximate surface area is 98.4 Å². The second-order valence-corrected chi connectivity index (χ2v) is 3.58. The molecule has 0 aliphatic carbocycles. The molecular weight excluding hydrogens is 228 g/mol. The molecule has 0 unspecified atom stereocenters. The van der Waals surface area contributed by atoms with Crippen LogP contribution < -0.4 is 5.06 Å². The summed E-state index contributed by atoms with van der Waals surface area (Å²) in [4.78, 5) is 9.25. The molecule has 0 saturated heterocycles. The Morgan fingerprint density at radius 3 is 2.88 bits per heavy atom. The van der Waals surface area contributed by atoms with Crippen molar-refractivity contribution in [1.82, 2.24) is 4.98 Å². The van der Waals surface area contributed by atoms with Gasteiger partial charge in [-0.2, -0.15) is 0 Å². The van der Waals surface area contributed by atoms with E-state index in [1.165, 1.54) is 0 Å². The van der Waals surface area contributed by atoms with Crippen molar-refractivity contribution >= 4 is 17.3 Å². The van der Waals surface area contributed by atoms with Crippen molar-refractivity contribution in [1.29, 1.82) is 0 Å². The summed E-state index contributed by atoms with van der Waals surface area (Å²) in [5.41, 5.74) is 1.87. The van der Waals surface area contributed by atoms with Crippen molar-refractivity contribution in [3.05, 3.63) is 47.6 Å². The van der Waals surface area contributed by atoms with Crippen LogP contribution >= 0.6 is 11.6 Å². The predicted molar refractivity (Wildman–Crippen MR) is 61.1 cm³/mol. The van der Waals surface area contributed by atoms with E-state index < -0.39 is 0 Å². The van der Waals surface area contributed by atoms with Crippen molar-refractivity contribution in [2.75, 3.05) is 12.2 Å². The highest BCUT2D eigenvalue weighted by molar-refractivity contribution is 6.29. The molecule has 4 nitrogen and oxygen atoms in total. The molecule has 0 atom stereocenters. The van der Waals surface area contributed by atoms with E-state index in [0.29, 0.717) is 11.7 Å². The summed E-state index contributed by atoms with van der Waals surface area (Å²) in [5.74, 6) is 0. The molecule has 84 valence electrons. The molecule has 0 N–H and O–H groups in total. The number of aromatic nitrogens is 1. The molecule has 16 heavy (non-hydrogen) atoms. The zero-order chi connectivity index (χ0) is 11.4. The van der Waals surface area contributed by atoms with E-state index in [2.05, 4.69) is 4.98 Å². The van der Waals surface area contributed by atoms with Crippen molar-refractivity contribution in [2.45, 2.75) is 6.54 Å². The van der Waals surface area contributed by atoms with Gasteiger partial charge in [-0.25, -0.2) is 10.0 Å². The summed E-state index contributed by atoms with van der Waals surface area (Å²) >= 11 is 5.71. The fraction of sp³-hybridized carbons (Fsp3) is 0.182. The summed E-state index contributed by atoms with van der Waals surface area (Å²) in [6, 6.07) is 5.48. The minimum atomic E-state index is 0.482. The van der Waals surface area contributed by atoms with Crippen LogP contribution in [0.25, 0.3) is 0 Å². The van der Waals surface area contributed by atoms with E-state index in [1.54, 1.807) is 37.0 Å². The summed E-state index contributed by atoms with van der Waals surface area (Å²) < 4.78 is 5.00. The number of anilines is 1. The van der Waals surface area contributed by atoms with Gasteiger partial charge in [0.05, 0.1) is 19.9 Å². The molecule has 2 aromatic heterocycles. The molecule has 2 rings (SSSR count). The lowest BCUT2D eigenvalue weighted by atomic mass is 10.3. The van der Waals surface area contributed by atoms with Crippen molar-refractivity contribution in [3.8, 4) is 0 Å². The van der Waals surface area contributed by atoms with Crippen LogP contribution in [0.15, 0.2) is 41.3 Å². The third kappa shape index (κ3) is 2.53. The normalized spacial score (nSPS) is 10.4. The minimum absolute atomic E-state index is 0.482. The van der Waals surface area contributed by atoms with Crippen LogP contribution in [-0.2, 0) is 11.4 Å². The van der Waals surface area contributed by atoms with E-state index >= 15 is 0 Å². The largest absolute Gasteiger partial charge is 0.470 e. The first kappa shape index (κ1) is 11.0. The van der Waals surface area contributed by atoms with Crippen LogP contribution in [0.3, 0.4) is 0 Å². The first-order valence-corrected chi connectivity index (χ1v) is 5.11. The number of hydrogen-bond acceptors (Lipinski definition) is 4. The maximum atomic E-state index is 5.71. The highest BCUT2D eigenvalue weighted by Crippen LogP contribution is 2.17. The van der Waals surface area contributed by atoms with Crippen LogP contribution in [0.5, 0.6) is 0 Å². The smallest absolute Gasteiger partial charge is 0.129 e. The third-order valence-electron chi connectivity index (χ3n) is 2.13. The van der Waals surface area contributed by atoms with Gasteiger partial charge in [0.1, 0.15) is 17.1 Å². The van der Waals surface area contributed by atoms with E-state index in [1.807, 2.05) is 12.1 Å². The predicted octanol–water partition coefficient (Wildman–Crippen LogP) is 2.90. The van der Waals surface area contributed by atoms with E-state index in [9.17, 15) is 0 Å². The molecule has 0 bridgehead atoms. The topological polar surface area (TPSA) is 38.5 Å². The first-order chi connectivity index (χ1) is 7.79. The standard InChI is InChI=1S/C11H11ClN2O2/c1-15-14(10-4-5-16-8-10)7-9-2-3-11(12)13-6-9/h2-6,8H,7H2,1H3. The number of hydroxylamine groups is 1. The zero-order valence-electron chi connectivity index (χ0n) is 8.76. The van der Waals surface area contributed by atoms with Gasteiger partial charge in [-0.3, -0.25) is 4.84 Å². The second-order valence-electron chi connectivity index (χ2n) is 3.19. The molecular formula is C11H11ClN2O2. The Balaban J connectivity index is 2.10. The number of halogens is 1. The fourth-order valence-electron chi connectivity index (χ4n) is 1.33. The Morgan fingerprint density at radius 1 is 1.44 bits per heavy atom. The molecule has 0 spiro atoms. The van der Waals surface area contributed by atoms with E-state index in [4.69, 9.17) is 20.9 Å². The van der Waals surface area contributed by atoms with E-state index in [0.717, 1.165) is 11.3 Å². The molecule has 2 heterocycles. The van der Waals surface area contributed by atoms with Gasteiger partial charge in [0.15, 0.2) is 0 Å². The summed E-state index contributed by atoms with van der Waals surface area (Å²) in [6.07, 6.45) is 4.93. The number of rotatable bonds is 4. The Hall–Kier alpha value is -1.52. The van der Waals surface area contributed by atoms with Gasteiger partial charge in [-0.15, -0.1) is 0 Å². The summed E-state index contributed by atoms with van der Waals surface area (Å²) in [7, 11) is 1.61. The molecule has 0 aliphatic rings. The summed E-state index contributed by atoms with van der Waals surface area (Å²) in [6.45, 7) is 0.584. The monoisotopic (exact) mass is 238 g/mol. The molecule has 0 fully saturated rings. The van der Waals surface area contributed by atoms with Crippen LogP contribution in [-0.4, -0.2) is 12.1 Å². The lowest BCUT2D eigenvalue weighted by Gasteiger charge is -2.19. The number of nitrogens with zero attached hydrogens (tertiary/aromatic N) is 2. The zero-order valence-corrected chi connectivity index (χ0v) is 9.52. The Kier molecular flexibility index (Phi) is 3.44. The first-order valence-electron chi connectivity index (χ1n) is 4.74. The molecule has 0 saturated carbocycles. The number of hydrogen-bond donors (Lipinski definition) is 0. The van der Waals surface area contributed by atoms with Gasteiger partial charge in [-0.1, -0.05) is 17.7 Å². The third-order valence-corrected chi connectivity index (χ3v) is 2.35. The van der Waals surface area contributed by atoms with Gasteiger partial charge in [0.25, 0.3) is 0 Å². The molecule has 0 radical (unpaired) electrons. The maximum Gasteiger partial charge on any atom is 0.129 e. The molecule has 0 aromatic carbocycles. The molecule has 2 aromatic rings. The van der Waals surface area contributed by atoms with Crippen LogP contribution in [0.4, 0.5) is 5.69 Å². The number of furan rings is 1. The van der Waals surface area contributed by atoms with Crippen molar-refractivity contribution in [3.63, 3.8) is 0 Å². The quantitative estimate of drug-likeness (QED) is 0.607. The van der Waals surface area contributed by atoms with Gasteiger partial charge < -0.3 is 4.42 Å². The van der Waals surface area contributed by atoms with Crippen molar-refractivity contribution in [2.24, 2.45) is 0 Å². The van der Waals surface area contributed by atoms with Crippen LogP contribution in [0.1, 0.15) is 5.56 Å². The van der Waals surface area contributed by atoms with Gasteiger partial charge in [0, 0.05) is 12.3 Å². The van der Waals surface area contributed by atoms with Crippen molar-refractivity contribution < 1.29 is 9.25 Å². The molecule has 0 aliphatic heterocycles. The van der Waals surface area contributed by atoms with Crippen LogP contribution in [0, 0.1) is 0 Å². The van der Waals surface area contributed by atoms with Crippen LogP contribution in [0.2, 0.25) is 5.15 Å². The van der Waals surface area contributed by atoms with E-state index in [-0.39, 0.29) is 0 Å². The van der Waals surface area contributed by atoms with Gasteiger partial charge in [0.2, 0.25) is 0 Å². The lowest BCUT2D eigenvalue weighted by Crippen LogP contribution is -2.20. The highest BCUT2D eigenvalue weighted by Gasteiger charge is 2.07. The molecule has 0 amide bonds. The average molecular weight is 239 g/mol. The maximum absolute atomic E-state index is 5.71. The van der Waals surface area contributed by atoms with Gasteiger partial charge in [-0.05, 0) is 11.6 Å². The Bertz CT molecular complexity index is 428. The fourth-order valence-corrected chi connectivity index (χ4v) is 1.44. The summed E-state index contributed by atoms with van der Waals surface area (Å²) in [5, 5.41) is 2.19. The Morgan fingerprint density at radius 2 is 2.31 bits per heavy atom. The number of pyridine rings is 1. The lowest BCUT2D eigenvalue weighted by molar-refractivity contribution is 0.162. The highest BCUT2D eigenvalue weighted by atomic mass is 35.5. The minimum Gasteiger partial charge on any atom is -0.470 e. The molecule has 5 heteroatoms. The average Bonchev–Trinajstić information content (AvgIpc) is 2.82. The SMILES string of the molecule is CON(Cc1ccc(Cl)nc1)c1ccoc1. The van der Waals surface area contributed by atoms with Gasteiger partial charge >= 0.3 is 0 Å². The second kappa shape index (κ2) is 5.01.